The molecule has 142 valence electrons. The van der Waals surface area contributed by atoms with Crippen molar-refractivity contribution in [1.82, 2.24) is 20.0 Å². The van der Waals surface area contributed by atoms with Crippen LogP contribution in [0.3, 0.4) is 0 Å². The molecule has 4 heterocycles. The molecule has 3 aromatic rings. The lowest BCUT2D eigenvalue weighted by atomic mass is 10.3. The van der Waals surface area contributed by atoms with Gasteiger partial charge in [0.15, 0.2) is 0 Å². The van der Waals surface area contributed by atoms with Crippen molar-refractivity contribution in [2.45, 2.75) is 32.7 Å². The quantitative estimate of drug-likeness (QED) is 0.422. The van der Waals surface area contributed by atoms with E-state index in [-0.39, 0.29) is 0 Å². The first-order chi connectivity index (χ1) is 13.3. The number of aromatic nitrogens is 4. The molecule has 0 atom stereocenters. The maximum atomic E-state index is 4.77. The average molecular weight is 366 g/mol. The lowest BCUT2D eigenvalue weighted by Gasteiger charge is -2.14. The zero-order valence-corrected chi connectivity index (χ0v) is 15.9. The van der Waals surface area contributed by atoms with Gasteiger partial charge in [-0.3, -0.25) is 15.4 Å². The number of aromatic amines is 1. The van der Waals surface area contributed by atoms with Crippen molar-refractivity contribution < 1.29 is 4.52 Å². The largest absolute Gasteiger partial charge is 0.356 e. The normalized spacial score (nSPS) is 14.7. The molecule has 1 aliphatic heterocycles. The molecule has 3 aromatic heterocycles. The number of pyridine rings is 1. The third-order valence-corrected chi connectivity index (χ3v) is 5.07. The molecule has 0 bridgehead atoms. The van der Waals surface area contributed by atoms with Crippen molar-refractivity contribution in [3.8, 4) is 0 Å². The summed E-state index contributed by atoms with van der Waals surface area (Å²) in [7, 11) is 0. The van der Waals surface area contributed by atoms with Gasteiger partial charge in [-0.15, -0.1) is 4.52 Å². The summed E-state index contributed by atoms with van der Waals surface area (Å²) in [6, 6.07) is 6.09. The fraction of sp³-hybridized carbons (Fsp3) is 0.450. The minimum absolute atomic E-state index is 0.715. The summed E-state index contributed by atoms with van der Waals surface area (Å²) in [6.07, 6.45) is 9.49. The van der Waals surface area contributed by atoms with Crippen LogP contribution in [-0.2, 0) is 6.54 Å². The molecule has 0 radical (unpaired) electrons. The van der Waals surface area contributed by atoms with Crippen LogP contribution < -0.4 is 15.1 Å². The van der Waals surface area contributed by atoms with Gasteiger partial charge in [-0.25, -0.2) is 0 Å². The van der Waals surface area contributed by atoms with Crippen molar-refractivity contribution in [2.24, 2.45) is 0 Å². The predicted molar refractivity (Wildman–Crippen MR) is 107 cm³/mol. The van der Waals surface area contributed by atoms with Crippen LogP contribution in [0.25, 0.3) is 5.65 Å². The highest BCUT2D eigenvalue weighted by atomic mass is 15.3. The molecule has 7 nitrogen and oxygen atoms in total. The summed E-state index contributed by atoms with van der Waals surface area (Å²) < 4.78 is 1.99. The van der Waals surface area contributed by atoms with Crippen LogP contribution in [0, 0.1) is 6.92 Å². The number of nitrogens with zero attached hydrogens (tertiary/aromatic N) is 4. The molecule has 4 rings (SSSR count). The number of H-pyrrole nitrogens is 1. The van der Waals surface area contributed by atoms with E-state index in [0.29, 0.717) is 6.54 Å². The Balaban J connectivity index is 1.43. The Bertz CT molecular complexity index is 869. The molecule has 1 fully saturated rings. The summed E-state index contributed by atoms with van der Waals surface area (Å²) in [6.45, 7) is 7.40. The minimum atomic E-state index is 0.715. The van der Waals surface area contributed by atoms with E-state index in [1.165, 1.54) is 32.5 Å². The van der Waals surface area contributed by atoms with Gasteiger partial charge in [-0.1, -0.05) is 11.1 Å². The second-order valence-corrected chi connectivity index (χ2v) is 7.19. The first-order valence-corrected chi connectivity index (χ1v) is 9.79. The Morgan fingerprint density at radius 1 is 1.26 bits per heavy atom. The van der Waals surface area contributed by atoms with Crippen molar-refractivity contribution >= 4 is 17.3 Å². The van der Waals surface area contributed by atoms with Crippen molar-refractivity contribution in [3.05, 3.63) is 47.9 Å². The number of likely N-dealkylation sites (tertiary alicyclic amines) is 1. The van der Waals surface area contributed by atoms with Crippen LogP contribution in [0.2, 0.25) is 0 Å². The fourth-order valence-electron chi connectivity index (χ4n) is 3.57. The summed E-state index contributed by atoms with van der Waals surface area (Å²) in [5.41, 5.74) is 3.21. The standard InChI is InChI=1S/C20H27N7/c1-16-13-24-27-19(23-15-17-6-4-7-21-14-17)12-18(25-20(16)27)22-8-5-11-26-9-2-3-10-26/h4,6-7,12-14H,2-3,5,8-11,15H2,1H3,(H2,22,23,24,25)/p+1. The first kappa shape index (κ1) is 17.7. The van der Waals surface area contributed by atoms with E-state index >= 15 is 0 Å². The number of fused-ring (bicyclic) bond motifs is 1. The van der Waals surface area contributed by atoms with Gasteiger partial charge in [0.05, 0.1) is 12.6 Å². The molecular weight excluding hydrogens is 338 g/mol. The molecule has 1 saturated heterocycles. The van der Waals surface area contributed by atoms with E-state index in [4.69, 9.17) is 4.98 Å². The number of nitrogens with one attached hydrogen (secondary N) is 3. The van der Waals surface area contributed by atoms with Gasteiger partial charge < -0.3 is 10.2 Å². The topological polar surface area (TPSA) is 73.0 Å². The Hall–Kier alpha value is -2.67. The molecule has 0 aromatic carbocycles. The number of aryl methyl sites for hydroxylation is 1. The van der Waals surface area contributed by atoms with Crippen LogP contribution in [-0.4, -0.2) is 46.1 Å². The second-order valence-electron chi connectivity index (χ2n) is 7.19. The molecule has 7 heteroatoms. The molecule has 0 spiro atoms. The van der Waals surface area contributed by atoms with Crippen molar-refractivity contribution in [1.29, 1.82) is 0 Å². The Morgan fingerprint density at radius 3 is 2.96 bits per heavy atom. The summed E-state index contributed by atoms with van der Waals surface area (Å²) >= 11 is 0. The minimum Gasteiger partial charge on any atom is -0.356 e. The van der Waals surface area contributed by atoms with Crippen LogP contribution >= 0.6 is 0 Å². The lowest BCUT2D eigenvalue weighted by Crippen LogP contribution is -2.30. The van der Waals surface area contributed by atoms with Gasteiger partial charge in [0, 0.05) is 36.3 Å². The summed E-state index contributed by atoms with van der Waals surface area (Å²) in [5.74, 6) is 1.90. The van der Waals surface area contributed by atoms with Gasteiger partial charge in [-0.05, 0) is 51.9 Å². The predicted octanol–water partition coefficient (Wildman–Crippen LogP) is 2.36. The number of hydrogen-bond donors (Lipinski definition) is 3. The van der Waals surface area contributed by atoms with Crippen LogP contribution in [0.1, 0.15) is 30.4 Å². The SMILES string of the molecule is Cc1c[nH][n+]2c(NCc3cccnc3)cc(NCCCN3CCCC3)nc12. The monoisotopic (exact) mass is 366 g/mol. The smallest absolute Gasteiger partial charge is 0.291 e. The van der Waals surface area contributed by atoms with Gasteiger partial charge in [0.1, 0.15) is 0 Å². The number of hydrogen-bond acceptors (Lipinski definition) is 5. The summed E-state index contributed by atoms with van der Waals surface area (Å²) in [5, 5.41) is 10.3. The Morgan fingerprint density at radius 2 is 2.15 bits per heavy atom. The van der Waals surface area contributed by atoms with E-state index < -0.39 is 0 Å². The maximum Gasteiger partial charge on any atom is 0.291 e. The van der Waals surface area contributed by atoms with Gasteiger partial charge in [0.2, 0.25) is 11.6 Å². The molecule has 0 saturated carbocycles. The average Bonchev–Trinajstić information content (AvgIpc) is 3.35. The lowest BCUT2D eigenvalue weighted by molar-refractivity contribution is -0.564. The zero-order chi connectivity index (χ0) is 18.5. The Labute approximate surface area is 159 Å². The van der Waals surface area contributed by atoms with Gasteiger partial charge in [-0.2, -0.15) is 0 Å². The van der Waals surface area contributed by atoms with Crippen LogP contribution in [0.4, 0.5) is 11.6 Å². The molecular formula is C20H28N7+. The van der Waals surface area contributed by atoms with E-state index in [0.717, 1.165) is 41.4 Å². The third kappa shape index (κ3) is 4.36. The summed E-state index contributed by atoms with van der Waals surface area (Å²) in [4.78, 5) is 11.5. The molecule has 0 amide bonds. The van der Waals surface area contributed by atoms with Crippen LogP contribution in [0.15, 0.2) is 36.8 Å². The van der Waals surface area contributed by atoms with Crippen LogP contribution in [0.5, 0.6) is 0 Å². The highest BCUT2D eigenvalue weighted by Crippen LogP contribution is 2.14. The molecule has 27 heavy (non-hydrogen) atoms. The molecule has 3 N–H and O–H groups in total. The van der Waals surface area contributed by atoms with Crippen molar-refractivity contribution in [2.75, 3.05) is 36.8 Å². The number of rotatable bonds is 8. The molecule has 0 aliphatic carbocycles. The highest BCUT2D eigenvalue weighted by Gasteiger charge is 2.16. The van der Waals surface area contributed by atoms with Crippen molar-refractivity contribution in [3.63, 3.8) is 0 Å². The molecule has 0 unspecified atom stereocenters. The number of anilines is 2. The Kier molecular flexibility index (Phi) is 5.48. The molecule has 1 aliphatic rings. The van der Waals surface area contributed by atoms with E-state index in [2.05, 4.69) is 44.7 Å². The fourth-order valence-corrected chi connectivity index (χ4v) is 3.57. The third-order valence-electron chi connectivity index (χ3n) is 5.07. The van der Waals surface area contributed by atoms with E-state index in [1.54, 1.807) is 6.20 Å². The zero-order valence-electron chi connectivity index (χ0n) is 15.9. The van der Waals surface area contributed by atoms with E-state index in [1.807, 2.05) is 23.0 Å². The van der Waals surface area contributed by atoms with E-state index in [9.17, 15) is 0 Å². The van der Waals surface area contributed by atoms with Gasteiger partial charge in [0.25, 0.3) is 5.65 Å². The maximum absolute atomic E-state index is 4.77. The first-order valence-electron chi connectivity index (χ1n) is 9.79. The second kappa shape index (κ2) is 8.35. The highest BCUT2D eigenvalue weighted by molar-refractivity contribution is 5.52. The van der Waals surface area contributed by atoms with Gasteiger partial charge >= 0.3 is 0 Å².